The standard InChI is InChI=1S/C20H23N5O/c1-13-16(14(2)25-20(23-13)21-12-22-25)10-11-19(26)24-18-9-5-7-15-6-3-4-8-17(15)18/h5,7,9,12H,3-4,6,8,10-11H2,1-2H3,(H,24,26). The van der Waals surface area contributed by atoms with Crippen molar-refractivity contribution >= 4 is 17.4 Å². The molecule has 6 heteroatoms. The van der Waals surface area contributed by atoms with Crippen molar-refractivity contribution in [2.24, 2.45) is 0 Å². The highest BCUT2D eigenvalue weighted by Gasteiger charge is 2.16. The molecule has 0 radical (unpaired) electrons. The highest BCUT2D eigenvalue weighted by atomic mass is 16.1. The van der Waals surface area contributed by atoms with Gasteiger partial charge in [-0.1, -0.05) is 12.1 Å². The van der Waals surface area contributed by atoms with Gasteiger partial charge in [0, 0.05) is 23.5 Å². The molecule has 0 spiro atoms. The molecule has 0 atom stereocenters. The number of carbonyl (C=O) groups is 1. The maximum Gasteiger partial charge on any atom is 0.252 e. The molecule has 1 aliphatic rings. The average Bonchev–Trinajstić information content (AvgIpc) is 3.10. The molecule has 134 valence electrons. The minimum absolute atomic E-state index is 0.0430. The molecular weight excluding hydrogens is 326 g/mol. The predicted molar refractivity (Wildman–Crippen MR) is 100 cm³/mol. The Bertz CT molecular complexity index is 976. The second kappa shape index (κ2) is 6.86. The van der Waals surface area contributed by atoms with Crippen molar-refractivity contribution in [3.63, 3.8) is 0 Å². The minimum atomic E-state index is 0.0430. The third-order valence-electron chi connectivity index (χ3n) is 5.26. The molecule has 3 aromatic rings. The molecule has 1 amide bonds. The number of carbonyl (C=O) groups excluding carboxylic acids is 1. The number of aryl methyl sites for hydroxylation is 3. The fourth-order valence-corrected chi connectivity index (χ4v) is 3.87. The number of rotatable bonds is 4. The van der Waals surface area contributed by atoms with E-state index in [0.29, 0.717) is 18.6 Å². The number of amides is 1. The van der Waals surface area contributed by atoms with Gasteiger partial charge in [0.15, 0.2) is 0 Å². The average molecular weight is 349 g/mol. The van der Waals surface area contributed by atoms with E-state index < -0.39 is 0 Å². The molecule has 0 saturated heterocycles. The molecule has 0 bridgehead atoms. The third-order valence-corrected chi connectivity index (χ3v) is 5.26. The van der Waals surface area contributed by atoms with E-state index in [4.69, 9.17) is 0 Å². The summed E-state index contributed by atoms with van der Waals surface area (Å²) in [6.45, 7) is 3.96. The lowest BCUT2D eigenvalue weighted by Crippen LogP contribution is -2.16. The predicted octanol–water partition coefficient (Wildman–Crippen LogP) is 3.19. The van der Waals surface area contributed by atoms with Crippen LogP contribution in [0.4, 0.5) is 5.69 Å². The van der Waals surface area contributed by atoms with Gasteiger partial charge in [-0.05, 0) is 68.7 Å². The van der Waals surface area contributed by atoms with E-state index in [0.717, 1.165) is 35.5 Å². The van der Waals surface area contributed by atoms with Crippen LogP contribution in [0.15, 0.2) is 24.5 Å². The Labute approximate surface area is 152 Å². The summed E-state index contributed by atoms with van der Waals surface area (Å²) >= 11 is 0. The monoisotopic (exact) mass is 349 g/mol. The van der Waals surface area contributed by atoms with Crippen molar-refractivity contribution in [2.45, 2.75) is 52.4 Å². The topological polar surface area (TPSA) is 72.2 Å². The van der Waals surface area contributed by atoms with Gasteiger partial charge in [0.25, 0.3) is 5.78 Å². The maximum atomic E-state index is 12.5. The van der Waals surface area contributed by atoms with Crippen LogP contribution in [0.1, 0.15) is 47.3 Å². The zero-order valence-electron chi connectivity index (χ0n) is 15.2. The third kappa shape index (κ3) is 3.07. The summed E-state index contributed by atoms with van der Waals surface area (Å²) in [4.78, 5) is 21.2. The number of aromatic nitrogens is 4. The summed E-state index contributed by atoms with van der Waals surface area (Å²) in [5.74, 6) is 0.644. The summed E-state index contributed by atoms with van der Waals surface area (Å²) in [6, 6.07) is 6.23. The van der Waals surface area contributed by atoms with Gasteiger partial charge >= 0.3 is 0 Å². The van der Waals surface area contributed by atoms with E-state index >= 15 is 0 Å². The summed E-state index contributed by atoms with van der Waals surface area (Å²) < 4.78 is 1.73. The van der Waals surface area contributed by atoms with Crippen molar-refractivity contribution in [3.8, 4) is 0 Å². The van der Waals surface area contributed by atoms with Gasteiger partial charge in [-0.3, -0.25) is 4.79 Å². The summed E-state index contributed by atoms with van der Waals surface area (Å²) in [6.07, 6.45) is 7.17. The maximum absolute atomic E-state index is 12.5. The van der Waals surface area contributed by atoms with Gasteiger partial charge in [0.05, 0.1) is 0 Å². The van der Waals surface area contributed by atoms with E-state index in [2.05, 4.69) is 26.4 Å². The van der Waals surface area contributed by atoms with Crippen molar-refractivity contribution in [1.82, 2.24) is 19.6 Å². The molecule has 2 aromatic heterocycles. The van der Waals surface area contributed by atoms with Crippen LogP contribution in [-0.2, 0) is 24.1 Å². The van der Waals surface area contributed by atoms with Gasteiger partial charge in [0.2, 0.25) is 5.91 Å². The lowest BCUT2D eigenvalue weighted by molar-refractivity contribution is -0.116. The molecule has 0 aliphatic heterocycles. The summed E-state index contributed by atoms with van der Waals surface area (Å²) in [5.41, 5.74) is 6.63. The fraction of sp³-hybridized carbons (Fsp3) is 0.400. The Morgan fingerprint density at radius 3 is 2.96 bits per heavy atom. The second-order valence-corrected chi connectivity index (χ2v) is 6.93. The first kappa shape index (κ1) is 16.7. The van der Waals surface area contributed by atoms with Gasteiger partial charge in [-0.15, -0.1) is 0 Å². The van der Waals surface area contributed by atoms with Crippen LogP contribution in [0.5, 0.6) is 0 Å². The lowest BCUT2D eigenvalue weighted by atomic mass is 9.90. The van der Waals surface area contributed by atoms with E-state index in [9.17, 15) is 4.79 Å². The van der Waals surface area contributed by atoms with Gasteiger partial charge in [-0.2, -0.15) is 10.1 Å². The largest absolute Gasteiger partial charge is 0.326 e. The van der Waals surface area contributed by atoms with Crippen molar-refractivity contribution in [1.29, 1.82) is 0 Å². The quantitative estimate of drug-likeness (QED) is 0.785. The van der Waals surface area contributed by atoms with Crippen LogP contribution in [-0.4, -0.2) is 25.5 Å². The van der Waals surface area contributed by atoms with Crippen molar-refractivity contribution in [3.05, 3.63) is 52.6 Å². The fourth-order valence-electron chi connectivity index (χ4n) is 3.87. The highest BCUT2D eigenvalue weighted by Crippen LogP contribution is 2.28. The number of hydrogen-bond acceptors (Lipinski definition) is 4. The number of nitrogens with zero attached hydrogens (tertiary/aromatic N) is 4. The minimum Gasteiger partial charge on any atom is -0.326 e. The molecule has 6 nitrogen and oxygen atoms in total. The molecule has 0 fully saturated rings. The zero-order valence-corrected chi connectivity index (χ0v) is 15.2. The molecule has 1 N–H and O–H groups in total. The first-order valence-electron chi connectivity index (χ1n) is 9.20. The van der Waals surface area contributed by atoms with Crippen LogP contribution in [0.2, 0.25) is 0 Å². The smallest absolute Gasteiger partial charge is 0.252 e. The molecule has 1 aromatic carbocycles. The van der Waals surface area contributed by atoms with Crippen molar-refractivity contribution < 1.29 is 4.79 Å². The van der Waals surface area contributed by atoms with Crippen LogP contribution < -0.4 is 5.32 Å². The van der Waals surface area contributed by atoms with E-state index in [-0.39, 0.29) is 5.91 Å². The molecule has 4 rings (SSSR count). The zero-order chi connectivity index (χ0) is 18.1. The van der Waals surface area contributed by atoms with Crippen molar-refractivity contribution in [2.75, 3.05) is 5.32 Å². The molecule has 26 heavy (non-hydrogen) atoms. The number of benzene rings is 1. The molecule has 0 saturated carbocycles. The Morgan fingerprint density at radius 2 is 2.08 bits per heavy atom. The van der Waals surface area contributed by atoms with Gasteiger partial charge in [0.1, 0.15) is 6.33 Å². The van der Waals surface area contributed by atoms with Gasteiger partial charge in [-0.25, -0.2) is 9.50 Å². The SMILES string of the molecule is Cc1nc2ncnn2c(C)c1CCC(=O)Nc1cccc2c1CCCC2. The number of nitrogens with one attached hydrogen (secondary N) is 1. The lowest BCUT2D eigenvalue weighted by Gasteiger charge is -2.19. The number of hydrogen-bond donors (Lipinski definition) is 1. The Balaban J connectivity index is 1.48. The molecule has 0 unspecified atom stereocenters. The van der Waals surface area contributed by atoms with E-state index in [1.807, 2.05) is 26.0 Å². The highest BCUT2D eigenvalue weighted by molar-refractivity contribution is 5.92. The van der Waals surface area contributed by atoms with Gasteiger partial charge < -0.3 is 5.32 Å². The number of fused-ring (bicyclic) bond motifs is 2. The van der Waals surface area contributed by atoms with E-state index in [1.165, 1.54) is 30.3 Å². The van der Waals surface area contributed by atoms with E-state index in [1.54, 1.807) is 4.52 Å². The van der Waals surface area contributed by atoms with Crippen LogP contribution in [0, 0.1) is 13.8 Å². The van der Waals surface area contributed by atoms with Crippen LogP contribution >= 0.6 is 0 Å². The molecular formula is C20H23N5O. The molecule has 2 heterocycles. The first-order valence-corrected chi connectivity index (χ1v) is 9.20. The Morgan fingerprint density at radius 1 is 1.23 bits per heavy atom. The second-order valence-electron chi connectivity index (χ2n) is 6.93. The molecule has 1 aliphatic carbocycles. The van der Waals surface area contributed by atoms with Crippen LogP contribution in [0.25, 0.3) is 5.78 Å². The summed E-state index contributed by atoms with van der Waals surface area (Å²) in [7, 11) is 0. The Hall–Kier alpha value is -2.76. The van der Waals surface area contributed by atoms with Crippen LogP contribution in [0.3, 0.4) is 0 Å². The first-order chi connectivity index (χ1) is 12.6. The summed E-state index contributed by atoms with van der Waals surface area (Å²) in [5, 5.41) is 7.32. The normalized spacial score (nSPS) is 13.6. The number of anilines is 1. The Kier molecular flexibility index (Phi) is 4.41.